The number of aryl methyl sites for hydroxylation is 1. The van der Waals surface area contributed by atoms with Gasteiger partial charge in [-0.2, -0.15) is 0 Å². The third-order valence-electron chi connectivity index (χ3n) is 3.59. The zero-order valence-electron chi connectivity index (χ0n) is 14.4. The van der Waals surface area contributed by atoms with E-state index in [1.807, 2.05) is 19.1 Å². The molecule has 0 aliphatic rings. The van der Waals surface area contributed by atoms with E-state index in [9.17, 15) is 19.5 Å². The SMILES string of the molecule is COC(=O)CCN(CC(C)O)C(=O)CCC(=O)c1ccc(C)cc1. The number of nitrogens with zero attached hydrogens (tertiary/aromatic N) is 1. The van der Waals surface area contributed by atoms with Crippen LogP contribution in [0.2, 0.25) is 0 Å². The number of benzene rings is 1. The van der Waals surface area contributed by atoms with Crippen LogP contribution in [-0.4, -0.2) is 54.0 Å². The van der Waals surface area contributed by atoms with Crippen LogP contribution in [0.15, 0.2) is 24.3 Å². The summed E-state index contributed by atoms with van der Waals surface area (Å²) in [4.78, 5) is 37.0. The Morgan fingerprint density at radius 1 is 1.12 bits per heavy atom. The number of aliphatic hydroxyl groups excluding tert-OH is 1. The first kappa shape index (κ1) is 19.8. The Balaban J connectivity index is 2.58. The molecule has 0 saturated heterocycles. The zero-order valence-corrected chi connectivity index (χ0v) is 14.4. The lowest BCUT2D eigenvalue weighted by atomic mass is 10.0. The third-order valence-corrected chi connectivity index (χ3v) is 3.59. The van der Waals surface area contributed by atoms with Crippen LogP contribution >= 0.6 is 0 Å². The highest BCUT2D eigenvalue weighted by Crippen LogP contribution is 2.09. The van der Waals surface area contributed by atoms with Crippen molar-refractivity contribution in [2.24, 2.45) is 0 Å². The predicted molar refractivity (Wildman–Crippen MR) is 89.6 cm³/mol. The normalized spacial score (nSPS) is 11.7. The van der Waals surface area contributed by atoms with Gasteiger partial charge in [-0.05, 0) is 13.8 Å². The van der Waals surface area contributed by atoms with Crippen molar-refractivity contribution in [2.45, 2.75) is 39.2 Å². The highest BCUT2D eigenvalue weighted by molar-refractivity contribution is 5.98. The summed E-state index contributed by atoms with van der Waals surface area (Å²) in [7, 11) is 1.28. The number of hydrogen-bond donors (Lipinski definition) is 1. The van der Waals surface area contributed by atoms with Gasteiger partial charge in [-0.3, -0.25) is 14.4 Å². The topological polar surface area (TPSA) is 83.9 Å². The number of ether oxygens (including phenoxy) is 1. The minimum absolute atomic E-state index is 0.0423. The van der Waals surface area contributed by atoms with Gasteiger partial charge in [0.05, 0.1) is 19.6 Å². The molecule has 0 fully saturated rings. The van der Waals surface area contributed by atoms with Gasteiger partial charge in [0.2, 0.25) is 5.91 Å². The highest BCUT2D eigenvalue weighted by Gasteiger charge is 2.18. The molecule has 132 valence electrons. The molecule has 1 amide bonds. The van der Waals surface area contributed by atoms with Gasteiger partial charge in [-0.1, -0.05) is 29.8 Å². The van der Waals surface area contributed by atoms with Gasteiger partial charge < -0.3 is 14.7 Å². The molecule has 0 heterocycles. The lowest BCUT2D eigenvalue weighted by Gasteiger charge is -2.23. The van der Waals surface area contributed by atoms with Crippen LogP contribution in [0.1, 0.15) is 42.1 Å². The van der Waals surface area contributed by atoms with E-state index >= 15 is 0 Å². The standard InChI is InChI=1S/C18H25NO5/c1-13-4-6-15(7-5-13)16(21)8-9-17(22)19(12-14(2)20)11-10-18(23)24-3/h4-7,14,20H,8-12H2,1-3H3. The van der Waals surface area contributed by atoms with Gasteiger partial charge in [0, 0.05) is 31.5 Å². The Bertz CT molecular complexity index is 565. The molecule has 6 heteroatoms. The number of aliphatic hydroxyl groups is 1. The van der Waals surface area contributed by atoms with E-state index in [1.54, 1.807) is 19.1 Å². The van der Waals surface area contributed by atoms with Gasteiger partial charge in [-0.15, -0.1) is 0 Å². The van der Waals surface area contributed by atoms with Gasteiger partial charge >= 0.3 is 5.97 Å². The van der Waals surface area contributed by atoms with Crippen LogP contribution in [-0.2, 0) is 14.3 Å². The molecule has 1 N–H and O–H groups in total. The van der Waals surface area contributed by atoms with Crippen molar-refractivity contribution < 1.29 is 24.2 Å². The van der Waals surface area contributed by atoms with Crippen LogP contribution in [0.25, 0.3) is 0 Å². The van der Waals surface area contributed by atoms with Crippen molar-refractivity contribution in [1.82, 2.24) is 4.90 Å². The van der Waals surface area contributed by atoms with Crippen LogP contribution in [0, 0.1) is 6.92 Å². The minimum atomic E-state index is -0.709. The molecule has 1 rings (SSSR count). The first-order chi connectivity index (χ1) is 11.3. The Morgan fingerprint density at radius 3 is 2.29 bits per heavy atom. The van der Waals surface area contributed by atoms with Gasteiger partial charge in [0.1, 0.15) is 0 Å². The number of methoxy groups -OCH3 is 1. The molecule has 1 aromatic rings. The third kappa shape index (κ3) is 6.91. The highest BCUT2D eigenvalue weighted by atomic mass is 16.5. The molecule has 6 nitrogen and oxygen atoms in total. The quantitative estimate of drug-likeness (QED) is 0.549. The van der Waals surface area contributed by atoms with Crippen LogP contribution in [0.5, 0.6) is 0 Å². The Kier molecular flexibility index (Phi) is 8.12. The number of amides is 1. The first-order valence-corrected chi connectivity index (χ1v) is 7.96. The largest absolute Gasteiger partial charge is 0.469 e. The maximum atomic E-state index is 12.3. The average Bonchev–Trinajstić information content (AvgIpc) is 2.56. The second-order valence-corrected chi connectivity index (χ2v) is 5.80. The number of carbonyl (C=O) groups is 3. The molecule has 0 spiro atoms. The van der Waals surface area contributed by atoms with Crippen LogP contribution < -0.4 is 0 Å². The van der Waals surface area contributed by atoms with Crippen molar-refractivity contribution >= 4 is 17.7 Å². The molecule has 0 bridgehead atoms. The number of ketones is 1. The molecule has 0 saturated carbocycles. The predicted octanol–water partition coefficient (Wildman–Crippen LogP) is 1.73. The van der Waals surface area contributed by atoms with Crippen molar-refractivity contribution in [3.63, 3.8) is 0 Å². The number of carbonyl (C=O) groups excluding carboxylic acids is 3. The second-order valence-electron chi connectivity index (χ2n) is 5.80. The number of Topliss-reactive ketones (excluding diaryl/α,β-unsaturated/α-hetero) is 1. The Hall–Kier alpha value is -2.21. The molecule has 0 aliphatic carbocycles. The van der Waals surface area contributed by atoms with Gasteiger partial charge in [0.15, 0.2) is 5.78 Å². The molecular formula is C18H25NO5. The Labute approximate surface area is 142 Å². The molecular weight excluding hydrogens is 310 g/mol. The molecule has 1 unspecified atom stereocenters. The van der Waals surface area contributed by atoms with Gasteiger partial charge in [0.25, 0.3) is 0 Å². The van der Waals surface area contributed by atoms with Crippen molar-refractivity contribution in [2.75, 3.05) is 20.2 Å². The summed E-state index contributed by atoms with van der Waals surface area (Å²) in [6.45, 7) is 3.78. The maximum Gasteiger partial charge on any atom is 0.307 e. The lowest BCUT2D eigenvalue weighted by Crippen LogP contribution is -2.38. The number of esters is 1. The molecule has 0 radical (unpaired) electrons. The monoisotopic (exact) mass is 335 g/mol. The second kappa shape index (κ2) is 9.82. The molecule has 1 aromatic carbocycles. The molecule has 1 atom stereocenters. The smallest absolute Gasteiger partial charge is 0.307 e. The molecule has 24 heavy (non-hydrogen) atoms. The fourth-order valence-electron chi connectivity index (χ4n) is 2.23. The summed E-state index contributed by atoms with van der Waals surface area (Å²) in [5.41, 5.74) is 1.64. The summed E-state index contributed by atoms with van der Waals surface area (Å²) < 4.78 is 4.56. The van der Waals surface area contributed by atoms with E-state index in [-0.39, 0.29) is 44.0 Å². The molecule has 0 aromatic heterocycles. The van der Waals surface area contributed by atoms with E-state index < -0.39 is 12.1 Å². The minimum Gasteiger partial charge on any atom is -0.469 e. The van der Waals surface area contributed by atoms with E-state index in [1.165, 1.54) is 12.0 Å². The summed E-state index contributed by atoms with van der Waals surface area (Å²) in [6.07, 6.45) is -0.517. The summed E-state index contributed by atoms with van der Waals surface area (Å²) >= 11 is 0. The summed E-state index contributed by atoms with van der Waals surface area (Å²) in [5.74, 6) is -0.789. The number of rotatable bonds is 9. The Morgan fingerprint density at radius 2 is 1.75 bits per heavy atom. The average molecular weight is 335 g/mol. The van der Waals surface area contributed by atoms with E-state index in [4.69, 9.17) is 0 Å². The van der Waals surface area contributed by atoms with Crippen molar-refractivity contribution in [1.29, 1.82) is 0 Å². The lowest BCUT2D eigenvalue weighted by molar-refractivity contribution is -0.142. The summed E-state index contributed by atoms with van der Waals surface area (Å²) in [6, 6.07) is 7.19. The van der Waals surface area contributed by atoms with Crippen LogP contribution in [0.3, 0.4) is 0 Å². The van der Waals surface area contributed by atoms with Crippen molar-refractivity contribution in [3.05, 3.63) is 35.4 Å². The fraction of sp³-hybridized carbons (Fsp3) is 0.500. The fourth-order valence-corrected chi connectivity index (χ4v) is 2.23. The van der Waals surface area contributed by atoms with Gasteiger partial charge in [-0.25, -0.2) is 0 Å². The zero-order chi connectivity index (χ0) is 18.1. The van der Waals surface area contributed by atoms with E-state index in [0.717, 1.165) is 5.56 Å². The van der Waals surface area contributed by atoms with E-state index in [2.05, 4.69) is 4.74 Å². The molecule has 0 aliphatic heterocycles. The first-order valence-electron chi connectivity index (χ1n) is 7.96. The van der Waals surface area contributed by atoms with E-state index in [0.29, 0.717) is 5.56 Å². The van der Waals surface area contributed by atoms with Crippen LogP contribution in [0.4, 0.5) is 0 Å². The summed E-state index contributed by atoms with van der Waals surface area (Å²) in [5, 5.41) is 9.50. The maximum absolute atomic E-state index is 12.3. The van der Waals surface area contributed by atoms with Crippen molar-refractivity contribution in [3.8, 4) is 0 Å². The number of hydrogen-bond acceptors (Lipinski definition) is 5.